The molecule has 24 heavy (non-hydrogen) atoms. The number of nitrogens with zero attached hydrogens (tertiary/aromatic N) is 3. The molecule has 2 aromatic rings. The molecule has 2 heterocycles. The molecule has 1 aliphatic rings. The monoisotopic (exact) mass is 364 g/mol. The lowest BCUT2D eigenvalue weighted by Crippen LogP contribution is -2.49. The van der Waals surface area contributed by atoms with Crippen LogP contribution in [0.25, 0.3) is 0 Å². The lowest BCUT2D eigenvalue weighted by Gasteiger charge is -2.36. The van der Waals surface area contributed by atoms with E-state index in [9.17, 15) is 0 Å². The minimum absolute atomic E-state index is 0.746. The van der Waals surface area contributed by atoms with Gasteiger partial charge in [-0.15, -0.1) is 0 Å². The van der Waals surface area contributed by atoms with Crippen molar-refractivity contribution < 1.29 is 4.52 Å². The van der Waals surface area contributed by atoms with E-state index in [0.29, 0.717) is 0 Å². The van der Waals surface area contributed by atoms with E-state index in [1.165, 1.54) is 0 Å². The molecule has 0 aliphatic carbocycles. The molecular formula is C17H21ClN4OS. The van der Waals surface area contributed by atoms with Gasteiger partial charge in [0.25, 0.3) is 0 Å². The molecular weight excluding hydrogens is 344 g/mol. The third-order valence-electron chi connectivity index (χ3n) is 4.23. The molecule has 128 valence electrons. The van der Waals surface area contributed by atoms with Crippen LogP contribution < -0.4 is 5.32 Å². The van der Waals surface area contributed by atoms with Crippen LogP contribution in [0.4, 0.5) is 5.69 Å². The van der Waals surface area contributed by atoms with Crippen LogP contribution in [0.2, 0.25) is 5.02 Å². The van der Waals surface area contributed by atoms with Gasteiger partial charge in [-0.1, -0.05) is 22.8 Å². The van der Waals surface area contributed by atoms with Gasteiger partial charge in [0.1, 0.15) is 5.76 Å². The molecule has 0 amide bonds. The molecule has 0 atom stereocenters. The van der Waals surface area contributed by atoms with E-state index in [2.05, 4.69) is 20.3 Å². The first kappa shape index (κ1) is 17.2. The molecule has 0 saturated carbocycles. The highest BCUT2D eigenvalue weighted by Crippen LogP contribution is 2.23. The maximum absolute atomic E-state index is 6.16. The molecule has 1 aromatic carbocycles. The minimum atomic E-state index is 0.746. The molecule has 0 unspecified atom stereocenters. The van der Waals surface area contributed by atoms with Crippen molar-refractivity contribution in [2.45, 2.75) is 20.4 Å². The summed E-state index contributed by atoms with van der Waals surface area (Å²) in [4.78, 5) is 4.56. The average molecular weight is 365 g/mol. The number of piperazine rings is 1. The Morgan fingerprint density at radius 1 is 1.29 bits per heavy atom. The lowest BCUT2D eigenvalue weighted by atomic mass is 10.2. The first-order chi connectivity index (χ1) is 11.5. The molecule has 7 heteroatoms. The molecule has 0 bridgehead atoms. The number of hydrogen-bond donors (Lipinski definition) is 1. The van der Waals surface area contributed by atoms with Gasteiger partial charge in [-0.05, 0) is 43.8 Å². The molecule has 1 aromatic heterocycles. The number of hydrogen-bond acceptors (Lipinski definition) is 4. The van der Waals surface area contributed by atoms with Gasteiger partial charge in [0.2, 0.25) is 0 Å². The van der Waals surface area contributed by atoms with E-state index in [1.807, 2.05) is 38.1 Å². The van der Waals surface area contributed by atoms with Crippen molar-refractivity contribution in [2.24, 2.45) is 0 Å². The highest BCUT2D eigenvalue weighted by atomic mass is 35.5. The number of thiocarbonyl (C=S) groups is 1. The zero-order chi connectivity index (χ0) is 17.1. The fraction of sp³-hybridized carbons (Fsp3) is 0.412. The third-order valence-corrected chi connectivity index (χ3v) is 5.00. The Bertz CT molecular complexity index is 725. The van der Waals surface area contributed by atoms with Crippen molar-refractivity contribution in [1.29, 1.82) is 0 Å². The van der Waals surface area contributed by atoms with Crippen molar-refractivity contribution >= 4 is 34.6 Å². The molecule has 1 N–H and O–H groups in total. The number of anilines is 1. The van der Waals surface area contributed by atoms with Gasteiger partial charge < -0.3 is 14.7 Å². The quantitative estimate of drug-likeness (QED) is 0.841. The summed E-state index contributed by atoms with van der Waals surface area (Å²) in [5.41, 5.74) is 2.96. The Morgan fingerprint density at radius 2 is 2.04 bits per heavy atom. The van der Waals surface area contributed by atoms with Crippen molar-refractivity contribution in [1.82, 2.24) is 15.0 Å². The van der Waals surface area contributed by atoms with Crippen LogP contribution in [-0.2, 0) is 6.54 Å². The molecule has 1 fully saturated rings. The zero-order valence-electron chi connectivity index (χ0n) is 13.9. The van der Waals surface area contributed by atoms with Gasteiger partial charge in [-0.3, -0.25) is 4.90 Å². The maximum atomic E-state index is 6.16. The van der Waals surface area contributed by atoms with Crippen LogP contribution in [-0.4, -0.2) is 46.2 Å². The third kappa shape index (κ3) is 4.06. The molecule has 1 aliphatic heterocycles. The van der Waals surface area contributed by atoms with Gasteiger partial charge in [0, 0.05) is 49.5 Å². The first-order valence-corrected chi connectivity index (χ1v) is 8.77. The van der Waals surface area contributed by atoms with E-state index >= 15 is 0 Å². The van der Waals surface area contributed by atoms with Crippen LogP contribution in [0.5, 0.6) is 0 Å². The lowest BCUT2D eigenvalue weighted by molar-refractivity contribution is 0.173. The summed E-state index contributed by atoms with van der Waals surface area (Å²) < 4.78 is 5.12. The van der Waals surface area contributed by atoms with E-state index in [1.54, 1.807) is 0 Å². The summed E-state index contributed by atoms with van der Waals surface area (Å²) in [7, 11) is 0. The Balaban J connectivity index is 1.52. The SMILES string of the molecule is Cc1cc(CN2CCN(C(=S)Nc3cccc(Cl)c3C)CC2)no1. The van der Waals surface area contributed by atoms with Gasteiger partial charge in [-0.2, -0.15) is 0 Å². The van der Waals surface area contributed by atoms with Crippen molar-refractivity contribution in [3.05, 3.63) is 46.3 Å². The molecule has 5 nitrogen and oxygen atoms in total. The Hall–Kier alpha value is -1.63. The van der Waals surface area contributed by atoms with E-state index in [0.717, 1.165) is 65.6 Å². The summed E-state index contributed by atoms with van der Waals surface area (Å²) in [6.45, 7) is 8.40. The summed E-state index contributed by atoms with van der Waals surface area (Å²) >= 11 is 11.7. The summed E-state index contributed by atoms with van der Waals surface area (Å²) in [6, 6.07) is 7.80. The second-order valence-corrected chi connectivity index (χ2v) is 6.83. The van der Waals surface area contributed by atoms with E-state index in [-0.39, 0.29) is 0 Å². The van der Waals surface area contributed by atoms with Crippen molar-refractivity contribution in [3.8, 4) is 0 Å². The minimum Gasteiger partial charge on any atom is -0.361 e. The number of nitrogens with one attached hydrogen (secondary N) is 1. The molecule has 3 rings (SSSR count). The van der Waals surface area contributed by atoms with Crippen LogP contribution >= 0.6 is 23.8 Å². The Morgan fingerprint density at radius 3 is 2.71 bits per heavy atom. The topological polar surface area (TPSA) is 44.5 Å². The zero-order valence-corrected chi connectivity index (χ0v) is 15.5. The number of benzene rings is 1. The smallest absolute Gasteiger partial charge is 0.173 e. The highest BCUT2D eigenvalue weighted by molar-refractivity contribution is 7.80. The second kappa shape index (κ2) is 7.51. The number of aromatic nitrogens is 1. The average Bonchev–Trinajstić information content (AvgIpc) is 2.97. The van der Waals surface area contributed by atoms with Crippen LogP contribution in [0, 0.1) is 13.8 Å². The summed E-state index contributed by atoms with van der Waals surface area (Å²) in [6.07, 6.45) is 0. The fourth-order valence-corrected chi connectivity index (χ4v) is 3.23. The molecule has 0 radical (unpaired) electrons. The molecule has 0 spiro atoms. The second-order valence-electron chi connectivity index (χ2n) is 6.03. The van der Waals surface area contributed by atoms with E-state index < -0.39 is 0 Å². The maximum Gasteiger partial charge on any atom is 0.173 e. The fourth-order valence-electron chi connectivity index (χ4n) is 2.77. The molecule has 1 saturated heterocycles. The van der Waals surface area contributed by atoms with Crippen molar-refractivity contribution in [2.75, 3.05) is 31.5 Å². The summed E-state index contributed by atoms with van der Waals surface area (Å²) in [5, 5.41) is 8.87. The first-order valence-electron chi connectivity index (χ1n) is 7.98. The normalized spacial score (nSPS) is 15.5. The predicted octanol–water partition coefficient (Wildman–Crippen LogP) is 3.46. The Kier molecular flexibility index (Phi) is 5.38. The van der Waals surface area contributed by atoms with Gasteiger partial charge >= 0.3 is 0 Å². The van der Waals surface area contributed by atoms with Gasteiger partial charge in [-0.25, -0.2) is 0 Å². The van der Waals surface area contributed by atoms with Crippen LogP contribution in [0.1, 0.15) is 17.0 Å². The number of halogens is 1. The van der Waals surface area contributed by atoms with Crippen LogP contribution in [0.15, 0.2) is 28.8 Å². The largest absolute Gasteiger partial charge is 0.361 e. The Labute approximate surface area is 152 Å². The predicted molar refractivity (Wildman–Crippen MR) is 100 cm³/mol. The van der Waals surface area contributed by atoms with Crippen LogP contribution in [0.3, 0.4) is 0 Å². The highest BCUT2D eigenvalue weighted by Gasteiger charge is 2.20. The standard InChI is InChI=1S/C17H21ClN4OS/c1-12-10-14(20-23-12)11-21-6-8-22(9-7-21)17(24)19-16-5-3-4-15(18)13(16)2/h3-5,10H,6-9,11H2,1-2H3,(H,19,24). The number of aryl methyl sites for hydroxylation is 1. The van der Waals surface area contributed by atoms with Gasteiger partial charge in [0.15, 0.2) is 5.11 Å². The summed E-state index contributed by atoms with van der Waals surface area (Å²) in [5.74, 6) is 0.853. The van der Waals surface area contributed by atoms with Gasteiger partial charge in [0.05, 0.1) is 5.69 Å². The number of rotatable bonds is 3. The van der Waals surface area contributed by atoms with E-state index in [4.69, 9.17) is 28.3 Å². The van der Waals surface area contributed by atoms with Crippen molar-refractivity contribution in [3.63, 3.8) is 0 Å².